The summed E-state index contributed by atoms with van der Waals surface area (Å²) in [5.74, 6) is 0.902. The summed E-state index contributed by atoms with van der Waals surface area (Å²) in [5, 5.41) is 6.42. The van der Waals surface area contributed by atoms with Gasteiger partial charge in [0.25, 0.3) is 0 Å². The van der Waals surface area contributed by atoms with E-state index in [0.717, 1.165) is 25.1 Å². The van der Waals surface area contributed by atoms with Crippen molar-refractivity contribution in [3.05, 3.63) is 29.8 Å². The molecule has 1 fully saturated rings. The van der Waals surface area contributed by atoms with E-state index in [9.17, 15) is 18.0 Å². The topological polar surface area (TPSA) is 66.0 Å². The normalized spacial score (nSPS) is 16.9. The zero-order chi connectivity index (χ0) is 20.6. The van der Waals surface area contributed by atoms with Crippen LogP contribution in [-0.4, -0.2) is 55.6 Å². The Labute approximate surface area is 186 Å². The van der Waals surface area contributed by atoms with E-state index < -0.39 is 11.7 Å². The van der Waals surface area contributed by atoms with Crippen molar-refractivity contribution in [2.75, 3.05) is 32.8 Å². The molecular weight excluding hydrogens is 500 g/mol. The minimum absolute atomic E-state index is 0. The van der Waals surface area contributed by atoms with Gasteiger partial charge in [-0.3, -0.25) is 4.79 Å². The molecule has 10 heteroatoms. The molecule has 0 bridgehead atoms. The largest absolute Gasteiger partial charge is 0.492 e. The van der Waals surface area contributed by atoms with Gasteiger partial charge >= 0.3 is 6.18 Å². The van der Waals surface area contributed by atoms with Crippen LogP contribution in [0.3, 0.4) is 0 Å². The highest BCUT2D eigenvalue weighted by atomic mass is 127. The van der Waals surface area contributed by atoms with Gasteiger partial charge in [0.15, 0.2) is 5.96 Å². The maximum Gasteiger partial charge on any atom is 0.416 e. The quantitative estimate of drug-likeness (QED) is 0.247. The van der Waals surface area contributed by atoms with Crippen LogP contribution in [0, 0.1) is 0 Å². The number of likely N-dealkylation sites (tertiary alicyclic amines) is 1. The average molecular weight is 528 g/mol. The van der Waals surface area contributed by atoms with Gasteiger partial charge in [-0.05, 0) is 31.5 Å². The zero-order valence-corrected chi connectivity index (χ0v) is 18.9. The Hall–Kier alpha value is -1.72. The summed E-state index contributed by atoms with van der Waals surface area (Å²) >= 11 is 0. The van der Waals surface area contributed by atoms with E-state index in [1.807, 2.05) is 18.7 Å². The highest BCUT2D eigenvalue weighted by molar-refractivity contribution is 14.0. The van der Waals surface area contributed by atoms with Gasteiger partial charge in [-0.1, -0.05) is 13.0 Å². The maximum absolute atomic E-state index is 12.7. The second-order valence-corrected chi connectivity index (χ2v) is 6.46. The van der Waals surface area contributed by atoms with Gasteiger partial charge in [-0.2, -0.15) is 13.2 Å². The number of nitrogens with one attached hydrogen (secondary N) is 2. The van der Waals surface area contributed by atoms with Crippen LogP contribution in [-0.2, 0) is 11.0 Å². The Balaban J connectivity index is 0.00000420. The van der Waals surface area contributed by atoms with Crippen LogP contribution in [0.2, 0.25) is 0 Å². The fourth-order valence-electron chi connectivity index (χ4n) is 2.92. The van der Waals surface area contributed by atoms with Crippen molar-refractivity contribution in [1.29, 1.82) is 0 Å². The van der Waals surface area contributed by atoms with Gasteiger partial charge in [0.1, 0.15) is 12.4 Å². The molecule has 1 unspecified atom stereocenters. The molecule has 6 nitrogen and oxygen atoms in total. The molecule has 0 radical (unpaired) electrons. The predicted octanol–water partition coefficient (Wildman–Crippen LogP) is 3.27. The van der Waals surface area contributed by atoms with Crippen LogP contribution in [0.25, 0.3) is 0 Å². The number of nitrogens with zero attached hydrogens (tertiary/aromatic N) is 2. The summed E-state index contributed by atoms with van der Waals surface area (Å²) in [6, 6.07) is 4.91. The lowest BCUT2D eigenvalue weighted by Crippen LogP contribution is -2.45. The molecule has 29 heavy (non-hydrogen) atoms. The molecule has 0 spiro atoms. The van der Waals surface area contributed by atoms with Crippen LogP contribution in [0.15, 0.2) is 29.3 Å². The summed E-state index contributed by atoms with van der Waals surface area (Å²) in [7, 11) is 0. The van der Waals surface area contributed by atoms with Gasteiger partial charge in [0.05, 0.1) is 12.1 Å². The number of halogens is 4. The number of carbonyl (C=O) groups is 1. The third-order valence-corrected chi connectivity index (χ3v) is 4.32. The number of hydrogen-bond donors (Lipinski definition) is 2. The average Bonchev–Trinajstić information content (AvgIpc) is 3.13. The Morgan fingerprint density at radius 3 is 2.76 bits per heavy atom. The number of guanidine groups is 1. The third kappa shape index (κ3) is 8.27. The van der Waals surface area contributed by atoms with E-state index >= 15 is 0 Å². The molecule has 2 N–H and O–H groups in total. The van der Waals surface area contributed by atoms with Crippen molar-refractivity contribution in [2.45, 2.75) is 38.9 Å². The Morgan fingerprint density at radius 2 is 2.10 bits per heavy atom. The molecule has 1 saturated heterocycles. The van der Waals surface area contributed by atoms with E-state index in [-0.39, 0.29) is 54.8 Å². The number of ether oxygens (including phenoxy) is 1. The second-order valence-electron chi connectivity index (χ2n) is 6.46. The van der Waals surface area contributed by atoms with E-state index in [2.05, 4.69) is 15.6 Å². The molecule has 0 saturated carbocycles. The number of alkyl halides is 3. The first-order valence-corrected chi connectivity index (χ1v) is 9.46. The lowest BCUT2D eigenvalue weighted by atomic mass is 10.2. The van der Waals surface area contributed by atoms with Crippen LogP contribution >= 0.6 is 24.0 Å². The molecular formula is C19H28F3IN4O2. The van der Waals surface area contributed by atoms with Crippen molar-refractivity contribution in [1.82, 2.24) is 15.5 Å². The summed E-state index contributed by atoms with van der Waals surface area (Å²) in [4.78, 5) is 18.0. The summed E-state index contributed by atoms with van der Waals surface area (Å²) in [6.45, 7) is 6.26. The van der Waals surface area contributed by atoms with Gasteiger partial charge < -0.3 is 20.3 Å². The second kappa shape index (κ2) is 12.1. The minimum Gasteiger partial charge on any atom is -0.492 e. The van der Waals surface area contributed by atoms with E-state index in [1.165, 1.54) is 12.1 Å². The monoisotopic (exact) mass is 528 g/mol. The maximum atomic E-state index is 12.7. The highest BCUT2D eigenvalue weighted by Gasteiger charge is 2.30. The molecule has 164 valence electrons. The van der Waals surface area contributed by atoms with Gasteiger partial charge in [0.2, 0.25) is 5.91 Å². The lowest BCUT2D eigenvalue weighted by molar-refractivity contribution is -0.137. The standard InChI is InChI=1S/C19H27F3N4O2.HI/c1-3-17(27)26-10-8-15(13-26)25-18(23-4-2)24-9-11-28-16-7-5-6-14(12-16)19(20,21)22;/h5-7,12,15H,3-4,8-11,13H2,1-2H3,(H2,23,24,25);1H. The van der Waals surface area contributed by atoms with Crippen molar-refractivity contribution in [3.8, 4) is 5.75 Å². The first-order valence-electron chi connectivity index (χ1n) is 9.46. The zero-order valence-electron chi connectivity index (χ0n) is 16.6. The molecule has 1 aliphatic rings. The van der Waals surface area contributed by atoms with Crippen molar-refractivity contribution < 1.29 is 22.7 Å². The summed E-state index contributed by atoms with van der Waals surface area (Å²) in [5.41, 5.74) is -0.740. The smallest absolute Gasteiger partial charge is 0.416 e. The van der Waals surface area contributed by atoms with E-state index in [0.29, 0.717) is 25.5 Å². The highest BCUT2D eigenvalue weighted by Crippen LogP contribution is 2.31. The van der Waals surface area contributed by atoms with E-state index in [1.54, 1.807) is 0 Å². The van der Waals surface area contributed by atoms with Crippen LogP contribution < -0.4 is 15.4 Å². The van der Waals surface area contributed by atoms with Gasteiger partial charge in [-0.25, -0.2) is 4.99 Å². The Kier molecular flexibility index (Phi) is 10.5. The van der Waals surface area contributed by atoms with Crippen molar-refractivity contribution in [3.63, 3.8) is 0 Å². The number of carbonyl (C=O) groups excluding carboxylic acids is 1. The third-order valence-electron chi connectivity index (χ3n) is 4.32. The van der Waals surface area contributed by atoms with Crippen molar-refractivity contribution >= 4 is 35.8 Å². The lowest BCUT2D eigenvalue weighted by Gasteiger charge is -2.18. The first kappa shape index (κ1) is 25.3. The molecule has 1 aromatic carbocycles. The number of benzene rings is 1. The first-order chi connectivity index (χ1) is 13.3. The SMILES string of the molecule is CCNC(=NCCOc1cccc(C(F)(F)F)c1)NC1CCN(C(=O)CC)C1.I. The van der Waals surface area contributed by atoms with Crippen LogP contribution in [0.1, 0.15) is 32.3 Å². The van der Waals surface area contributed by atoms with Crippen LogP contribution in [0.5, 0.6) is 5.75 Å². The van der Waals surface area contributed by atoms with Gasteiger partial charge in [0, 0.05) is 32.1 Å². The number of rotatable bonds is 7. The molecule has 2 rings (SSSR count). The van der Waals surface area contributed by atoms with E-state index in [4.69, 9.17) is 4.74 Å². The number of aliphatic imine (C=N–C) groups is 1. The molecule has 1 heterocycles. The van der Waals surface area contributed by atoms with Gasteiger partial charge in [-0.15, -0.1) is 24.0 Å². The number of amides is 1. The fourth-order valence-corrected chi connectivity index (χ4v) is 2.92. The van der Waals surface area contributed by atoms with Crippen molar-refractivity contribution in [2.24, 2.45) is 4.99 Å². The molecule has 1 aliphatic heterocycles. The fraction of sp³-hybridized carbons (Fsp3) is 0.579. The summed E-state index contributed by atoms with van der Waals surface area (Å²) < 4.78 is 43.6. The minimum atomic E-state index is -4.39. The van der Waals surface area contributed by atoms with Crippen LogP contribution in [0.4, 0.5) is 13.2 Å². The number of hydrogen-bond acceptors (Lipinski definition) is 3. The Morgan fingerprint density at radius 1 is 1.34 bits per heavy atom. The summed E-state index contributed by atoms with van der Waals surface area (Å²) in [6.07, 6.45) is -3.06. The molecule has 1 amide bonds. The molecule has 0 aliphatic carbocycles. The molecule has 1 atom stereocenters. The molecule has 1 aromatic rings. The predicted molar refractivity (Wildman–Crippen MR) is 117 cm³/mol. The molecule has 0 aromatic heterocycles. The Bertz CT molecular complexity index is 686.